The third-order valence-corrected chi connectivity index (χ3v) is 3.39. The van der Waals surface area contributed by atoms with E-state index in [4.69, 9.17) is 4.74 Å². The number of aliphatic carboxylic acids is 1. The van der Waals surface area contributed by atoms with Gasteiger partial charge in [0.2, 0.25) is 0 Å². The number of allylic oxidation sites excluding steroid dienone is 1. The number of carbonyl (C=O) groups is 1. The summed E-state index contributed by atoms with van der Waals surface area (Å²) in [6, 6.07) is 9.90. The zero-order chi connectivity index (χ0) is 12.8. The maximum atomic E-state index is 11.4. The lowest BCUT2D eigenvalue weighted by molar-refractivity contribution is -0.157. The summed E-state index contributed by atoms with van der Waals surface area (Å²) >= 11 is 0. The van der Waals surface area contributed by atoms with E-state index < -0.39 is 11.4 Å². The highest BCUT2D eigenvalue weighted by Crippen LogP contribution is 2.33. The first-order chi connectivity index (χ1) is 8.73. The van der Waals surface area contributed by atoms with Crippen LogP contribution in [-0.4, -0.2) is 24.3 Å². The van der Waals surface area contributed by atoms with Gasteiger partial charge < -0.3 is 9.84 Å². The Labute approximate surface area is 107 Å². The molecule has 96 valence electrons. The first-order valence-corrected chi connectivity index (χ1v) is 6.26. The molecule has 0 radical (unpaired) electrons. The van der Waals surface area contributed by atoms with Crippen LogP contribution >= 0.6 is 0 Å². The minimum absolute atomic E-state index is 0.321. The average molecular weight is 246 g/mol. The molecule has 0 aliphatic carbocycles. The lowest BCUT2D eigenvalue weighted by Crippen LogP contribution is -2.38. The normalized spacial score (nSPS) is 24.2. The van der Waals surface area contributed by atoms with Crippen molar-refractivity contribution >= 4 is 12.0 Å². The quantitative estimate of drug-likeness (QED) is 0.888. The Morgan fingerprint density at radius 2 is 2.17 bits per heavy atom. The fourth-order valence-corrected chi connectivity index (χ4v) is 2.25. The van der Waals surface area contributed by atoms with Crippen LogP contribution in [-0.2, 0) is 9.53 Å². The number of ether oxygens (including phenoxy) is 1. The van der Waals surface area contributed by atoms with Crippen molar-refractivity contribution in [1.82, 2.24) is 0 Å². The summed E-state index contributed by atoms with van der Waals surface area (Å²) in [6.45, 7) is 0.999. The highest BCUT2D eigenvalue weighted by Gasteiger charge is 2.39. The van der Waals surface area contributed by atoms with E-state index >= 15 is 0 Å². The van der Waals surface area contributed by atoms with Crippen molar-refractivity contribution in [2.75, 3.05) is 13.2 Å². The SMILES string of the molecule is O=C(O)C1(CC=Cc2ccccc2)CCCOC1. The van der Waals surface area contributed by atoms with Gasteiger partial charge in [-0.05, 0) is 24.8 Å². The van der Waals surface area contributed by atoms with E-state index in [0.29, 0.717) is 26.1 Å². The molecule has 1 aliphatic rings. The van der Waals surface area contributed by atoms with E-state index in [9.17, 15) is 9.90 Å². The van der Waals surface area contributed by atoms with Gasteiger partial charge in [-0.3, -0.25) is 4.79 Å². The number of hydrogen-bond donors (Lipinski definition) is 1. The van der Waals surface area contributed by atoms with Gasteiger partial charge in [0, 0.05) is 6.61 Å². The number of benzene rings is 1. The standard InChI is InChI=1S/C15H18O3/c16-14(17)15(10-5-11-18-12-15)9-4-8-13-6-2-1-3-7-13/h1-4,6-8H,5,9-12H2,(H,16,17). The molecule has 1 aromatic rings. The van der Waals surface area contributed by atoms with Gasteiger partial charge in [-0.25, -0.2) is 0 Å². The second-order valence-corrected chi connectivity index (χ2v) is 4.76. The average Bonchev–Trinajstić information content (AvgIpc) is 2.41. The van der Waals surface area contributed by atoms with Gasteiger partial charge in [0.05, 0.1) is 12.0 Å². The van der Waals surface area contributed by atoms with Gasteiger partial charge in [-0.1, -0.05) is 42.5 Å². The van der Waals surface area contributed by atoms with Gasteiger partial charge in [0.1, 0.15) is 0 Å². The maximum absolute atomic E-state index is 11.4. The van der Waals surface area contributed by atoms with Crippen LogP contribution in [0.4, 0.5) is 0 Å². The fraction of sp³-hybridized carbons (Fsp3) is 0.400. The van der Waals surface area contributed by atoms with Crippen LogP contribution in [0.5, 0.6) is 0 Å². The topological polar surface area (TPSA) is 46.5 Å². The lowest BCUT2D eigenvalue weighted by Gasteiger charge is -2.31. The highest BCUT2D eigenvalue weighted by molar-refractivity contribution is 5.75. The fourth-order valence-electron chi connectivity index (χ4n) is 2.25. The van der Waals surface area contributed by atoms with Crippen molar-refractivity contribution in [3.05, 3.63) is 42.0 Å². The summed E-state index contributed by atoms with van der Waals surface area (Å²) in [6.07, 6.45) is 5.96. The van der Waals surface area contributed by atoms with Crippen LogP contribution < -0.4 is 0 Å². The Balaban J connectivity index is 2.02. The summed E-state index contributed by atoms with van der Waals surface area (Å²) in [4.78, 5) is 11.4. The molecule has 18 heavy (non-hydrogen) atoms. The van der Waals surface area contributed by atoms with E-state index in [0.717, 1.165) is 12.0 Å². The highest BCUT2D eigenvalue weighted by atomic mass is 16.5. The molecule has 3 heteroatoms. The molecule has 1 fully saturated rings. The number of hydrogen-bond acceptors (Lipinski definition) is 2. The van der Waals surface area contributed by atoms with E-state index in [1.807, 2.05) is 42.5 Å². The first-order valence-electron chi connectivity index (χ1n) is 6.26. The van der Waals surface area contributed by atoms with Gasteiger partial charge in [-0.2, -0.15) is 0 Å². The Morgan fingerprint density at radius 1 is 1.39 bits per heavy atom. The Morgan fingerprint density at radius 3 is 2.78 bits per heavy atom. The van der Waals surface area contributed by atoms with E-state index in [1.54, 1.807) is 0 Å². The molecule has 1 N–H and O–H groups in total. The molecule has 2 rings (SSSR count). The Bertz CT molecular complexity index is 417. The molecule has 0 amide bonds. The molecule has 1 aromatic carbocycles. The van der Waals surface area contributed by atoms with Crippen molar-refractivity contribution in [3.8, 4) is 0 Å². The zero-order valence-electron chi connectivity index (χ0n) is 10.3. The largest absolute Gasteiger partial charge is 0.481 e. The molecule has 0 aromatic heterocycles. The maximum Gasteiger partial charge on any atom is 0.312 e. The van der Waals surface area contributed by atoms with Crippen molar-refractivity contribution < 1.29 is 14.6 Å². The predicted molar refractivity (Wildman–Crippen MR) is 70.2 cm³/mol. The molecule has 1 saturated heterocycles. The van der Waals surface area contributed by atoms with Gasteiger partial charge in [0.25, 0.3) is 0 Å². The Kier molecular flexibility index (Phi) is 4.15. The van der Waals surface area contributed by atoms with Crippen molar-refractivity contribution in [2.24, 2.45) is 5.41 Å². The molecule has 3 nitrogen and oxygen atoms in total. The minimum atomic E-state index is -0.750. The van der Waals surface area contributed by atoms with Gasteiger partial charge >= 0.3 is 5.97 Å². The van der Waals surface area contributed by atoms with Gasteiger partial charge in [-0.15, -0.1) is 0 Å². The van der Waals surface area contributed by atoms with Crippen LogP contribution in [0.3, 0.4) is 0 Å². The van der Waals surface area contributed by atoms with Crippen molar-refractivity contribution in [3.63, 3.8) is 0 Å². The number of carboxylic acid groups (broad SMARTS) is 1. The summed E-state index contributed by atoms with van der Waals surface area (Å²) in [5.41, 5.74) is 0.360. The van der Waals surface area contributed by atoms with Gasteiger partial charge in [0.15, 0.2) is 0 Å². The summed E-state index contributed by atoms with van der Waals surface area (Å²) in [7, 11) is 0. The third-order valence-electron chi connectivity index (χ3n) is 3.39. The van der Waals surface area contributed by atoms with Crippen LogP contribution in [0.2, 0.25) is 0 Å². The molecule has 0 spiro atoms. The summed E-state index contributed by atoms with van der Waals surface area (Å²) < 4.78 is 5.33. The minimum Gasteiger partial charge on any atom is -0.481 e. The Hall–Kier alpha value is -1.61. The van der Waals surface area contributed by atoms with E-state index in [-0.39, 0.29) is 0 Å². The zero-order valence-corrected chi connectivity index (χ0v) is 10.3. The molecule has 1 unspecified atom stereocenters. The second-order valence-electron chi connectivity index (χ2n) is 4.76. The summed E-state index contributed by atoms with van der Waals surface area (Å²) in [5.74, 6) is -0.750. The van der Waals surface area contributed by atoms with Crippen LogP contribution in [0.1, 0.15) is 24.8 Å². The first kappa shape index (κ1) is 12.8. The molecular weight excluding hydrogens is 228 g/mol. The number of carboxylic acids is 1. The predicted octanol–water partition coefficient (Wildman–Crippen LogP) is 2.97. The van der Waals surface area contributed by atoms with Crippen LogP contribution in [0, 0.1) is 5.41 Å². The smallest absolute Gasteiger partial charge is 0.312 e. The molecular formula is C15H18O3. The molecule has 0 bridgehead atoms. The van der Waals surface area contributed by atoms with Crippen LogP contribution in [0.25, 0.3) is 6.08 Å². The summed E-state index contributed by atoms with van der Waals surface area (Å²) in [5, 5.41) is 9.37. The van der Waals surface area contributed by atoms with E-state index in [2.05, 4.69) is 0 Å². The lowest BCUT2D eigenvalue weighted by atomic mass is 9.79. The molecule has 1 atom stereocenters. The molecule has 1 heterocycles. The van der Waals surface area contributed by atoms with Crippen LogP contribution in [0.15, 0.2) is 36.4 Å². The van der Waals surface area contributed by atoms with E-state index in [1.165, 1.54) is 0 Å². The molecule has 0 saturated carbocycles. The van der Waals surface area contributed by atoms with Crippen molar-refractivity contribution in [2.45, 2.75) is 19.3 Å². The monoisotopic (exact) mass is 246 g/mol. The molecule has 1 aliphatic heterocycles. The second kappa shape index (κ2) is 5.83. The van der Waals surface area contributed by atoms with Crippen molar-refractivity contribution in [1.29, 1.82) is 0 Å². The third kappa shape index (κ3) is 2.99. The number of rotatable bonds is 4.